The van der Waals surface area contributed by atoms with E-state index >= 15 is 0 Å². The Hall–Kier alpha value is -1.87. The van der Waals surface area contributed by atoms with Gasteiger partial charge in [-0.25, -0.2) is 0 Å². The number of esters is 1. The summed E-state index contributed by atoms with van der Waals surface area (Å²) in [5, 5.41) is 9.49. The summed E-state index contributed by atoms with van der Waals surface area (Å²) in [7, 11) is 0. The summed E-state index contributed by atoms with van der Waals surface area (Å²) < 4.78 is 4.79. The van der Waals surface area contributed by atoms with E-state index in [-0.39, 0.29) is 5.97 Å². The number of carbonyl (C=O) groups excluding carboxylic acids is 1. The number of hydrogen-bond donors (Lipinski definition) is 1. The first-order valence-corrected chi connectivity index (χ1v) is 7.43. The summed E-state index contributed by atoms with van der Waals surface area (Å²) in [5.74, 6) is -0.242. The molecule has 0 spiro atoms. The Morgan fingerprint density at radius 3 is 2.32 bits per heavy atom. The minimum absolute atomic E-state index is 0.242. The van der Waals surface area contributed by atoms with Crippen LogP contribution >= 0.6 is 0 Å². The minimum atomic E-state index is -0.702. The van der Waals surface area contributed by atoms with Gasteiger partial charge in [0.2, 0.25) is 0 Å². The van der Waals surface area contributed by atoms with Crippen molar-refractivity contribution in [1.82, 2.24) is 0 Å². The molecule has 0 aliphatic carbocycles. The van der Waals surface area contributed by atoms with Crippen molar-refractivity contribution in [2.75, 3.05) is 0 Å². The first-order chi connectivity index (χ1) is 10.3. The van der Waals surface area contributed by atoms with Crippen LogP contribution in [0.2, 0.25) is 0 Å². The van der Waals surface area contributed by atoms with E-state index in [0.717, 1.165) is 18.4 Å². The molecule has 0 aromatic heterocycles. The first kappa shape index (κ1) is 20.1. The Bertz CT molecular complexity index is 469. The van der Waals surface area contributed by atoms with Gasteiger partial charge in [0, 0.05) is 6.92 Å². The molecule has 0 aliphatic heterocycles. The Morgan fingerprint density at radius 1 is 1.27 bits per heavy atom. The summed E-state index contributed by atoms with van der Waals surface area (Å²) in [6.07, 6.45) is 5.38. The topological polar surface area (TPSA) is 46.5 Å². The van der Waals surface area contributed by atoms with Gasteiger partial charge in [0.1, 0.15) is 6.61 Å². The standard InChI is InChI=1S/C10H18O.C9H10O2/c1-5-10(4,11)8-6-7-9(2)3;1-8(10)11-7-9-5-3-2-4-6-9/h5,7,11H,1,6,8H2,2-4H3;2-6H,7H2,1H3. The lowest BCUT2D eigenvalue weighted by Crippen LogP contribution is -2.19. The fourth-order valence-corrected chi connectivity index (χ4v) is 1.51. The second-order valence-electron chi connectivity index (χ2n) is 5.65. The smallest absolute Gasteiger partial charge is 0.302 e. The van der Waals surface area contributed by atoms with Crippen molar-refractivity contribution < 1.29 is 14.6 Å². The molecule has 0 radical (unpaired) electrons. The maximum absolute atomic E-state index is 10.4. The van der Waals surface area contributed by atoms with Gasteiger partial charge in [-0.3, -0.25) is 4.79 Å². The third-order valence-corrected chi connectivity index (χ3v) is 2.93. The van der Waals surface area contributed by atoms with Gasteiger partial charge in [0.25, 0.3) is 0 Å². The molecule has 0 aliphatic rings. The highest BCUT2D eigenvalue weighted by Crippen LogP contribution is 2.13. The Balaban J connectivity index is 0.000000401. The highest BCUT2D eigenvalue weighted by molar-refractivity contribution is 5.65. The van der Waals surface area contributed by atoms with E-state index in [2.05, 4.69) is 26.5 Å². The summed E-state index contributed by atoms with van der Waals surface area (Å²) in [6.45, 7) is 11.2. The maximum atomic E-state index is 10.4. The van der Waals surface area contributed by atoms with Crippen molar-refractivity contribution in [1.29, 1.82) is 0 Å². The Morgan fingerprint density at radius 2 is 1.86 bits per heavy atom. The SMILES string of the molecule is C=CC(C)(O)CCC=C(C)C.CC(=O)OCc1ccccc1. The second kappa shape index (κ2) is 10.8. The first-order valence-electron chi connectivity index (χ1n) is 7.43. The van der Waals surface area contributed by atoms with Crippen LogP contribution in [0.1, 0.15) is 46.1 Å². The van der Waals surface area contributed by atoms with Gasteiger partial charge in [0.05, 0.1) is 5.60 Å². The third kappa shape index (κ3) is 11.9. The molecule has 1 aromatic carbocycles. The molecule has 0 heterocycles. The van der Waals surface area contributed by atoms with E-state index in [0.29, 0.717) is 6.61 Å². The molecular formula is C19H28O3. The van der Waals surface area contributed by atoms with Gasteiger partial charge in [-0.15, -0.1) is 6.58 Å². The summed E-state index contributed by atoms with van der Waals surface area (Å²) in [5.41, 5.74) is 1.61. The van der Waals surface area contributed by atoms with Crippen molar-refractivity contribution in [2.24, 2.45) is 0 Å². The van der Waals surface area contributed by atoms with Crippen molar-refractivity contribution in [3.05, 3.63) is 60.2 Å². The van der Waals surface area contributed by atoms with Gasteiger partial charge in [-0.2, -0.15) is 0 Å². The normalized spacial score (nSPS) is 12.2. The number of ether oxygens (including phenoxy) is 1. The quantitative estimate of drug-likeness (QED) is 0.625. The molecule has 1 atom stereocenters. The number of carbonyl (C=O) groups is 1. The van der Waals surface area contributed by atoms with E-state index in [4.69, 9.17) is 4.74 Å². The molecule has 3 heteroatoms. The van der Waals surface area contributed by atoms with Gasteiger partial charge in [-0.1, -0.05) is 48.1 Å². The molecule has 22 heavy (non-hydrogen) atoms. The van der Waals surface area contributed by atoms with Gasteiger partial charge < -0.3 is 9.84 Å². The number of aliphatic hydroxyl groups is 1. The predicted octanol–water partition coefficient (Wildman–Crippen LogP) is 4.42. The monoisotopic (exact) mass is 304 g/mol. The molecule has 0 saturated carbocycles. The van der Waals surface area contributed by atoms with E-state index in [9.17, 15) is 9.90 Å². The average Bonchev–Trinajstić information content (AvgIpc) is 2.46. The second-order valence-corrected chi connectivity index (χ2v) is 5.65. The molecule has 1 rings (SSSR count). The van der Waals surface area contributed by atoms with Crippen LogP contribution in [0.25, 0.3) is 0 Å². The van der Waals surface area contributed by atoms with Crippen LogP contribution in [0.4, 0.5) is 0 Å². The van der Waals surface area contributed by atoms with Crippen LogP contribution in [-0.2, 0) is 16.1 Å². The minimum Gasteiger partial charge on any atom is -0.461 e. The number of allylic oxidation sites excluding steroid dienone is 2. The highest BCUT2D eigenvalue weighted by atomic mass is 16.5. The Labute approximate surface area is 134 Å². The maximum Gasteiger partial charge on any atom is 0.302 e. The average molecular weight is 304 g/mol. The van der Waals surface area contributed by atoms with Crippen molar-refractivity contribution in [2.45, 2.75) is 52.7 Å². The zero-order valence-electron chi connectivity index (χ0n) is 14.1. The van der Waals surface area contributed by atoms with Crippen LogP contribution in [0.15, 0.2) is 54.6 Å². The molecule has 0 fully saturated rings. The molecule has 0 bridgehead atoms. The van der Waals surface area contributed by atoms with Crippen LogP contribution in [0.5, 0.6) is 0 Å². The van der Waals surface area contributed by atoms with Crippen LogP contribution in [0.3, 0.4) is 0 Å². The predicted molar refractivity (Wildman–Crippen MR) is 91.4 cm³/mol. The fraction of sp³-hybridized carbons (Fsp3) is 0.421. The molecule has 122 valence electrons. The third-order valence-electron chi connectivity index (χ3n) is 2.93. The molecule has 0 saturated heterocycles. The number of rotatable bonds is 6. The molecular weight excluding hydrogens is 276 g/mol. The zero-order chi connectivity index (χ0) is 17.0. The van der Waals surface area contributed by atoms with Crippen LogP contribution in [-0.4, -0.2) is 16.7 Å². The van der Waals surface area contributed by atoms with Crippen LogP contribution < -0.4 is 0 Å². The lowest BCUT2D eigenvalue weighted by molar-refractivity contribution is -0.142. The lowest BCUT2D eigenvalue weighted by atomic mass is 10.00. The van der Waals surface area contributed by atoms with E-state index in [1.807, 2.05) is 30.3 Å². The van der Waals surface area contributed by atoms with E-state index in [1.165, 1.54) is 12.5 Å². The molecule has 1 aromatic rings. The van der Waals surface area contributed by atoms with Crippen molar-refractivity contribution >= 4 is 5.97 Å². The largest absolute Gasteiger partial charge is 0.461 e. The molecule has 1 N–H and O–H groups in total. The molecule has 1 unspecified atom stereocenters. The summed E-state index contributed by atoms with van der Waals surface area (Å²) in [6, 6.07) is 9.60. The molecule has 0 amide bonds. The highest BCUT2D eigenvalue weighted by Gasteiger charge is 2.12. The van der Waals surface area contributed by atoms with E-state index in [1.54, 1.807) is 13.0 Å². The molecule has 3 nitrogen and oxygen atoms in total. The van der Waals surface area contributed by atoms with E-state index < -0.39 is 5.60 Å². The lowest BCUT2D eigenvalue weighted by Gasteiger charge is -2.16. The van der Waals surface area contributed by atoms with Crippen LogP contribution in [0, 0.1) is 0 Å². The number of benzene rings is 1. The summed E-state index contributed by atoms with van der Waals surface area (Å²) in [4.78, 5) is 10.4. The van der Waals surface area contributed by atoms with Gasteiger partial charge in [-0.05, 0) is 39.2 Å². The van der Waals surface area contributed by atoms with Crippen molar-refractivity contribution in [3.63, 3.8) is 0 Å². The van der Waals surface area contributed by atoms with Crippen molar-refractivity contribution in [3.8, 4) is 0 Å². The Kier molecular flexibility index (Phi) is 9.88. The fourth-order valence-electron chi connectivity index (χ4n) is 1.51. The zero-order valence-corrected chi connectivity index (χ0v) is 14.1. The van der Waals surface area contributed by atoms with Gasteiger partial charge >= 0.3 is 5.97 Å². The number of hydrogen-bond acceptors (Lipinski definition) is 3. The van der Waals surface area contributed by atoms with Gasteiger partial charge in [0.15, 0.2) is 0 Å². The summed E-state index contributed by atoms with van der Waals surface area (Å²) >= 11 is 0.